The zero-order chi connectivity index (χ0) is 18.7. The highest BCUT2D eigenvalue weighted by Gasteiger charge is 2.35. The number of carbonyl (C=O) groups excluding carboxylic acids is 2. The lowest BCUT2D eigenvalue weighted by atomic mass is 9.85. The molecule has 0 spiro atoms. The Balaban J connectivity index is 1.74. The van der Waals surface area contributed by atoms with E-state index in [9.17, 15) is 9.59 Å². The van der Waals surface area contributed by atoms with Crippen molar-refractivity contribution in [1.29, 1.82) is 0 Å². The van der Waals surface area contributed by atoms with E-state index in [1.54, 1.807) is 0 Å². The van der Waals surface area contributed by atoms with E-state index >= 15 is 0 Å². The summed E-state index contributed by atoms with van der Waals surface area (Å²) in [5, 5.41) is 6.17. The van der Waals surface area contributed by atoms with Crippen molar-refractivity contribution in [2.75, 3.05) is 18.0 Å². The van der Waals surface area contributed by atoms with Crippen molar-refractivity contribution in [1.82, 2.24) is 10.6 Å². The summed E-state index contributed by atoms with van der Waals surface area (Å²) >= 11 is 0. The summed E-state index contributed by atoms with van der Waals surface area (Å²) in [6, 6.07) is 8.33. The zero-order valence-electron chi connectivity index (χ0n) is 16.1. The van der Waals surface area contributed by atoms with Crippen LogP contribution in [0.3, 0.4) is 0 Å². The Labute approximate surface area is 156 Å². The predicted molar refractivity (Wildman–Crippen MR) is 104 cm³/mol. The van der Waals surface area contributed by atoms with Gasteiger partial charge in [0.2, 0.25) is 11.8 Å². The maximum absolute atomic E-state index is 12.8. The topological polar surface area (TPSA) is 61.4 Å². The van der Waals surface area contributed by atoms with E-state index in [-0.39, 0.29) is 29.8 Å². The van der Waals surface area contributed by atoms with Crippen LogP contribution >= 0.6 is 0 Å². The minimum atomic E-state index is -0.152. The van der Waals surface area contributed by atoms with Crippen LogP contribution in [0.2, 0.25) is 0 Å². The molecular formula is C21H31N3O2. The molecule has 26 heavy (non-hydrogen) atoms. The first-order valence-corrected chi connectivity index (χ1v) is 9.92. The number of carbonyl (C=O) groups is 2. The summed E-state index contributed by atoms with van der Waals surface area (Å²) in [5.74, 6) is 0.692. The molecule has 1 aromatic carbocycles. The average molecular weight is 357 g/mol. The van der Waals surface area contributed by atoms with Gasteiger partial charge in [-0.1, -0.05) is 25.1 Å². The molecule has 3 atom stereocenters. The van der Waals surface area contributed by atoms with Crippen LogP contribution in [-0.2, 0) is 9.59 Å². The minimum Gasteiger partial charge on any atom is -0.359 e. The number of para-hydroxylation sites is 1. The summed E-state index contributed by atoms with van der Waals surface area (Å²) in [5.41, 5.74) is 2.04. The molecule has 2 N–H and O–H groups in total. The molecular weight excluding hydrogens is 326 g/mol. The lowest BCUT2D eigenvalue weighted by Gasteiger charge is -2.40. The van der Waals surface area contributed by atoms with Gasteiger partial charge in [-0.3, -0.25) is 9.59 Å². The largest absolute Gasteiger partial charge is 0.359 e. The Hall–Kier alpha value is -2.04. The quantitative estimate of drug-likeness (QED) is 0.789. The highest BCUT2D eigenvalue weighted by atomic mass is 16.2. The Bertz CT molecular complexity index is 656. The third-order valence-electron chi connectivity index (χ3n) is 5.65. The summed E-state index contributed by atoms with van der Waals surface area (Å²) in [7, 11) is 0. The first kappa shape index (κ1) is 18.7. The van der Waals surface area contributed by atoms with Crippen molar-refractivity contribution >= 4 is 17.5 Å². The van der Waals surface area contributed by atoms with Crippen molar-refractivity contribution in [2.45, 2.75) is 64.5 Å². The van der Waals surface area contributed by atoms with Gasteiger partial charge in [0.1, 0.15) is 0 Å². The van der Waals surface area contributed by atoms with E-state index in [0.29, 0.717) is 12.5 Å². The fourth-order valence-electron chi connectivity index (χ4n) is 3.60. The molecule has 0 saturated heterocycles. The zero-order valence-corrected chi connectivity index (χ0v) is 16.1. The molecule has 1 heterocycles. The second-order valence-electron chi connectivity index (χ2n) is 7.89. The van der Waals surface area contributed by atoms with Gasteiger partial charge in [-0.15, -0.1) is 0 Å². The number of hydrogen-bond acceptors (Lipinski definition) is 3. The van der Waals surface area contributed by atoms with Crippen molar-refractivity contribution in [3.63, 3.8) is 0 Å². The van der Waals surface area contributed by atoms with Gasteiger partial charge in [0, 0.05) is 24.3 Å². The highest BCUT2D eigenvalue weighted by molar-refractivity contribution is 5.88. The molecule has 142 valence electrons. The molecule has 2 amide bonds. The average Bonchev–Trinajstić information content (AvgIpc) is 3.46. The Kier molecular flexibility index (Phi) is 5.84. The molecule has 1 aromatic rings. The highest BCUT2D eigenvalue weighted by Crippen LogP contribution is 2.38. The van der Waals surface area contributed by atoms with E-state index in [1.165, 1.54) is 12.8 Å². The smallest absolute Gasteiger partial charge is 0.239 e. The second kappa shape index (κ2) is 8.11. The standard InChI is InChI=1S/C21H31N3O2/c1-4-14(2)23-21(26)18-11-15(3)24(19-8-6-5-7-17(18)19)13-20(25)22-12-16-9-10-16/h5-8,14-16,18H,4,9-13H2,1-3H3,(H,22,25)(H,23,26). The monoisotopic (exact) mass is 357 g/mol. The van der Waals surface area contributed by atoms with E-state index in [1.807, 2.05) is 31.2 Å². The SMILES string of the molecule is CCC(C)NC(=O)C1CC(C)N(CC(=O)NCC2CC2)c2ccccc21. The second-order valence-corrected chi connectivity index (χ2v) is 7.89. The van der Waals surface area contributed by atoms with Crippen molar-refractivity contribution in [2.24, 2.45) is 5.92 Å². The van der Waals surface area contributed by atoms with Crippen LogP contribution in [0.1, 0.15) is 57.9 Å². The maximum Gasteiger partial charge on any atom is 0.239 e. The van der Waals surface area contributed by atoms with Crippen LogP contribution in [0.4, 0.5) is 5.69 Å². The van der Waals surface area contributed by atoms with Crippen LogP contribution in [0.15, 0.2) is 24.3 Å². The number of hydrogen-bond donors (Lipinski definition) is 2. The Morgan fingerprint density at radius 3 is 2.69 bits per heavy atom. The van der Waals surface area contributed by atoms with Crippen LogP contribution in [-0.4, -0.2) is 37.0 Å². The molecule has 0 aromatic heterocycles. The summed E-state index contributed by atoms with van der Waals surface area (Å²) < 4.78 is 0. The molecule has 1 fully saturated rings. The van der Waals surface area contributed by atoms with Gasteiger partial charge in [-0.2, -0.15) is 0 Å². The molecule has 3 rings (SSSR count). The van der Waals surface area contributed by atoms with Crippen LogP contribution in [0, 0.1) is 5.92 Å². The molecule has 5 nitrogen and oxygen atoms in total. The summed E-state index contributed by atoms with van der Waals surface area (Å²) in [6.07, 6.45) is 4.12. The molecule has 5 heteroatoms. The van der Waals surface area contributed by atoms with Gasteiger partial charge in [0.05, 0.1) is 12.5 Å². The summed E-state index contributed by atoms with van der Waals surface area (Å²) in [6.45, 7) is 7.36. The molecule has 0 bridgehead atoms. The summed E-state index contributed by atoms with van der Waals surface area (Å²) in [4.78, 5) is 27.3. The predicted octanol–water partition coefficient (Wildman–Crippen LogP) is 2.81. The minimum absolute atomic E-state index is 0.0704. The van der Waals surface area contributed by atoms with E-state index in [2.05, 4.69) is 29.4 Å². The van der Waals surface area contributed by atoms with E-state index in [4.69, 9.17) is 0 Å². The third kappa shape index (κ3) is 4.37. The normalized spacial score (nSPS) is 23.1. The molecule has 1 saturated carbocycles. The lowest BCUT2D eigenvalue weighted by Crippen LogP contribution is -2.48. The van der Waals surface area contributed by atoms with Crippen molar-refractivity contribution < 1.29 is 9.59 Å². The first-order chi connectivity index (χ1) is 12.5. The fraction of sp³-hybridized carbons (Fsp3) is 0.619. The van der Waals surface area contributed by atoms with Gasteiger partial charge in [0.25, 0.3) is 0 Å². The number of fused-ring (bicyclic) bond motifs is 1. The van der Waals surface area contributed by atoms with Gasteiger partial charge < -0.3 is 15.5 Å². The van der Waals surface area contributed by atoms with Crippen LogP contribution < -0.4 is 15.5 Å². The van der Waals surface area contributed by atoms with Crippen molar-refractivity contribution in [3.05, 3.63) is 29.8 Å². The van der Waals surface area contributed by atoms with Gasteiger partial charge in [0.15, 0.2) is 0 Å². The number of amides is 2. The fourth-order valence-corrected chi connectivity index (χ4v) is 3.60. The lowest BCUT2D eigenvalue weighted by molar-refractivity contribution is -0.123. The number of benzene rings is 1. The molecule has 1 aliphatic carbocycles. The van der Waals surface area contributed by atoms with Crippen LogP contribution in [0.25, 0.3) is 0 Å². The first-order valence-electron chi connectivity index (χ1n) is 9.92. The van der Waals surface area contributed by atoms with E-state index in [0.717, 1.165) is 30.6 Å². The Morgan fingerprint density at radius 1 is 1.27 bits per heavy atom. The van der Waals surface area contributed by atoms with Crippen molar-refractivity contribution in [3.8, 4) is 0 Å². The van der Waals surface area contributed by atoms with Gasteiger partial charge in [-0.05, 0) is 57.1 Å². The maximum atomic E-state index is 12.8. The molecule has 0 radical (unpaired) electrons. The number of rotatable bonds is 7. The van der Waals surface area contributed by atoms with E-state index < -0.39 is 0 Å². The number of nitrogens with one attached hydrogen (secondary N) is 2. The van der Waals surface area contributed by atoms with Crippen LogP contribution in [0.5, 0.6) is 0 Å². The third-order valence-corrected chi connectivity index (χ3v) is 5.65. The van der Waals surface area contributed by atoms with Gasteiger partial charge in [-0.25, -0.2) is 0 Å². The molecule has 1 aliphatic heterocycles. The molecule has 3 unspecified atom stereocenters. The van der Waals surface area contributed by atoms with Gasteiger partial charge >= 0.3 is 0 Å². The molecule has 2 aliphatic rings. The number of nitrogens with zero attached hydrogens (tertiary/aromatic N) is 1. The Morgan fingerprint density at radius 2 is 2.00 bits per heavy atom. The number of anilines is 1.